The maximum Gasteiger partial charge on any atom is 0.00177 e. The second-order valence-corrected chi connectivity index (χ2v) is 3.88. The van der Waals surface area contributed by atoms with Crippen molar-refractivity contribution in [1.82, 2.24) is 0 Å². The number of allylic oxidation sites excluding steroid dienone is 1. The van der Waals surface area contributed by atoms with Gasteiger partial charge in [-0.25, -0.2) is 0 Å². The van der Waals surface area contributed by atoms with Gasteiger partial charge in [0.25, 0.3) is 0 Å². The Balaban J connectivity index is 2.73. The fourth-order valence-corrected chi connectivity index (χ4v) is 1.58. The zero-order valence-electron chi connectivity index (χ0n) is 8.53. The standard InChI is InChI=1S/C13H18/c1-4-12(10-11(2)3)13-8-6-5-7-9-13/h4-9,11-12H,1,10H2,2-3H3. The highest BCUT2D eigenvalue weighted by molar-refractivity contribution is 5.22. The van der Waals surface area contributed by atoms with Crippen LogP contribution in [0.15, 0.2) is 43.0 Å². The fourth-order valence-electron chi connectivity index (χ4n) is 1.58. The Kier molecular flexibility index (Phi) is 3.75. The second-order valence-electron chi connectivity index (χ2n) is 3.88. The molecule has 0 saturated carbocycles. The van der Waals surface area contributed by atoms with Crippen LogP contribution >= 0.6 is 0 Å². The molecule has 0 bridgehead atoms. The minimum Gasteiger partial charge on any atom is -0.102 e. The molecule has 0 aliphatic rings. The summed E-state index contributed by atoms with van der Waals surface area (Å²) in [5, 5.41) is 0. The number of benzene rings is 1. The van der Waals surface area contributed by atoms with Crippen LogP contribution in [0, 0.1) is 5.92 Å². The molecule has 0 nitrogen and oxygen atoms in total. The quantitative estimate of drug-likeness (QED) is 0.605. The van der Waals surface area contributed by atoms with E-state index in [0.29, 0.717) is 5.92 Å². The molecule has 70 valence electrons. The molecule has 1 atom stereocenters. The Morgan fingerprint density at radius 3 is 2.31 bits per heavy atom. The maximum absolute atomic E-state index is 3.89. The third-order valence-corrected chi connectivity index (χ3v) is 2.24. The summed E-state index contributed by atoms with van der Waals surface area (Å²) < 4.78 is 0. The van der Waals surface area contributed by atoms with Crippen molar-refractivity contribution in [2.45, 2.75) is 26.2 Å². The highest BCUT2D eigenvalue weighted by Crippen LogP contribution is 2.24. The van der Waals surface area contributed by atoms with Gasteiger partial charge in [0, 0.05) is 5.92 Å². The van der Waals surface area contributed by atoms with Gasteiger partial charge in [0.1, 0.15) is 0 Å². The Morgan fingerprint density at radius 1 is 1.23 bits per heavy atom. The van der Waals surface area contributed by atoms with E-state index in [1.54, 1.807) is 0 Å². The first kappa shape index (κ1) is 10.0. The molecule has 0 spiro atoms. The van der Waals surface area contributed by atoms with Crippen molar-refractivity contribution in [2.75, 3.05) is 0 Å². The largest absolute Gasteiger partial charge is 0.102 e. The molecule has 1 aromatic carbocycles. The van der Waals surface area contributed by atoms with Gasteiger partial charge in [-0.1, -0.05) is 50.3 Å². The molecule has 0 radical (unpaired) electrons. The van der Waals surface area contributed by atoms with Crippen LogP contribution in [0.3, 0.4) is 0 Å². The number of hydrogen-bond acceptors (Lipinski definition) is 0. The van der Waals surface area contributed by atoms with E-state index in [2.05, 4.69) is 56.8 Å². The lowest BCUT2D eigenvalue weighted by Crippen LogP contribution is -1.99. The van der Waals surface area contributed by atoms with Crippen LogP contribution < -0.4 is 0 Å². The van der Waals surface area contributed by atoms with Crippen molar-refractivity contribution < 1.29 is 0 Å². The van der Waals surface area contributed by atoms with E-state index in [4.69, 9.17) is 0 Å². The molecular formula is C13H18. The van der Waals surface area contributed by atoms with Gasteiger partial charge in [-0.05, 0) is 17.9 Å². The van der Waals surface area contributed by atoms with Crippen LogP contribution in [0.4, 0.5) is 0 Å². The van der Waals surface area contributed by atoms with Crippen molar-refractivity contribution in [2.24, 2.45) is 5.92 Å². The molecule has 0 aliphatic carbocycles. The summed E-state index contributed by atoms with van der Waals surface area (Å²) in [6.45, 7) is 8.39. The van der Waals surface area contributed by atoms with E-state index in [1.807, 2.05) is 0 Å². The van der Waals surface area contributed by atoms with Crippen LogP contribution in [-0.4, -0.2) is 0 Å². The van der Waals surface area contributed by atoms with Crippen molar-refractivity contribution in [1.29, 1.82) is 0 Å². The summed E-state index contributed by atoms with van der Waals surface area (Å²) in [5.74, 6) is 1.24. The zero-order chi connectivity index (χ0) is 9.68. The Hall–Kier alpha value is -1.04. The molecule has 0 aromatic heterocycles. The van der Waals surface area contributed by atoms with Gasteiger partial charge in [-0.15, -0.1) is 6.58 Å². The zero-order valence-corrected chi connectivity index (χ0v) is 8.53. The monoisotopic (exact) mass is 174 g/mol. The Bertz CT molecular complexity index is 246. The summed E-state index contributed by atoms with van der Waals surface area (Å²) in [6.07, 6.45) is 3.24. The third-order valence-electron chi connectivity index (χ3n) is 2.24. The molecule has 13 heavy (non-hydrogen) atoms. The summed E-state index contributed by atoms with van der Waals surface area (Å²) in [5.41, 5.74) is 1.38. The molecule has 0 fully saturated rings. The van der Waals surface area contributed by atoms with E-state index >= 15 is 0 Å². The van der Waals surface area contributed by atoms with Crippen LogP contribution in [0.2, 0.25) is 0 Å². The van der Waals surface area contributed by atoms with Crippen molar-refractivity contribution in [3.05, 3.63) is 48.6 Å². The van der Waals surface area contributed by atoms with Gasteiger partial charge in [0.2, 0.25) is 0 Å². The smallest absolute Gasteiger partial charge is 0.00177 e. The summed E-state index contributed by atoms with van der Waals surface area (Å²) in [4.78, 5) is 0. The van der Waals surface area contributed by atoms with Crippen LogP contribution in [0.5, 0.6) is 0 Å². The summed E-state index contributed by atoms with van der Waals surface area (Å²) in [6, 6.07) is 10.6. The maximum atomic E-state index is 3.89. The average Bonchev–Trinajstić information content (AvgIpc) is 2.15. The van der Waals surface area contributed by atoms with Crippen LogP contribution in [0.25, 0.3) is 0 Å². The van der Waals surface area contributed by atoms with E-state index < -0.39 is 0 Å². The van der Waals surface area contributed by atoms with E-state index in [0.717, 1.165) is 5.92 Å². The Labute approximate surface area is 81.3 Å². The van der Waals surface area contributed by atoms with Gasteiger partial charge in [0.15, 0.2) is 0 Å². The SMILES string of the molecule is C=CC(CC(C)C)c1ccccc1. The van der Waals surface area contributed by atoms with Crippen LogP contribution in [-0.2, 0) is 0 Å². The molecule has 0 amide bonds. The third kappa shape index (κ3) is 3.06. The topological polar surface area (TPSA) is 0 Å². The summed E-state index contributed by atoms with van der Waals surface area (Å²) >= 11 is 0. The number of hydrogen-bond donors (Lipinski definition) is 0. The van der Waals surface area contributed by atoms with Crippen molar-refractivity contribution in [3.63, 3.8) is 0 Å². The van der Waals surface area contributed by atoms with Gasteiger partial charge in [0.05, 0.1) is 0 Å². The highest BCUT2D eigenvalue weighted by atomic mass is 14.1. The fraction of sp³-hybridized carbons (Fsp3) is 0.385. The minimum absolute atomic E-state index is 0.515. The average molecular weight is 174 g/mol. The minimum atomic E-state index is 0.515. The van der Waals surface area contributed by atoms with Crippen LogP contribution in [0.1, 0.15) is 31.7 Å². The first-order chi connectivity index (χ1) is 6.24. The molecule has 1 rings (SSSR count). The second kappa shape index (κ2) is 4.86. The molecule has 0 aliphatic heterocycles. The highest BCUT2D eigenvalue weighted by Gasteiger charge is 2.08. The molecule has 1 unspecified atom stereocenters. The molecule has 0 heteroatoms. The molecule has 0 saturated heterocycles. The predicted molar refractivity (Wildman–Crippen MR) is 58.8 cm³/mol. The molecule has 1 aromatic rings. The van der Waals surface area contributed by atoms with E-state index in [1.165, 1.54) is 12.0 Å². The molecular weight excluding hydrogens is 156 g/mol. The Morgan fingerprint density at radius 2 is 1.85 bits per heavy atom. The van der Waals surface area contributed by atoms with Gasteiger partial charge >= 0.3 is 0 Å². The molecule has 0 heterocycles. The normalized spacial score (nSPS) is 12.8. The predicted octanol–water partition coefficient (Wildman–Crippen LogP) is 4.00. The van der Waals surface area contributed by atoms with Crippen molar-refractivity contribution >= 4 is 0 Å². The van der Waals surface area contributed by atoms with Crippen molar-refractivity contribution in [3.8, 4) is 0 Å². The van der Waals surface area contributed by atoms with Gasteiger partial charge < -0.3 is 0 Å². The summed E-state index contributed by atoms with van der Waals surface area (Å²) in [7, 11) is 0. The number of rotatable bonds is 4. The lowest BCUT2D eigenvalue weighted by Gasteiger charge is -2.14. The first-order valence-electron chi connectivity index (χ1n) is 4.91. The van der Waals surface area contributed by atoms with E-state index in [9.17, 15) is 0 Å². The molecule has 0 N–H and O–H groups in total. The lowest BCUT2D eigenvalue weighted by molar-refractivity contribution is 0.550. The first-order valence-corrected chi connectivity index (χ1v) is 4.91. The van der Waals surface area contributed by atoms with E-state index in [-0.39, 0.29) is 0 Å². The van der Waals surface area contributed by atoms with Gasteiger partial charge in [-0.3, -0.25) is 0 Å². The lowest BCUT2D eigenvalue weighted by atomic mass is 9.91. The van der Waals surface area contributed by atoms with Gasteiger partial charge in [-0.2, -0.15) is 0 Å².